The van der Waals surface area contributed by atoms with Crippen LogP contribution in [0.3, 0.4) is 0 Å². The molecular formula is C42H54N2O12+2. The molecule has 4 fully saturated rings. The Kier molecular flexibility index (Phi) is 11.4. The van der Waals surface area contributed by atoms with E-state index >= 15 is 0 Å². The predicted molar refractivity (Wildman–Crippen MR) is 199 cm³/mol. The highest BCUT2D eigenvalue weighted by atomic mass is 16.5. The number of aliphatic carboxylic acids is 2. The van der Waals surface area contributed by atoms with Crippen LogP contribution in [0.1, 0.15) is 96.6 Å². The summed E-state index contributed by atoms with van der Waals surface area (Å²) in [5.74, 6) is -3.44. The molecule has 14 heteroatoms. The Morgan fingerprint density at radius 2 is 0.929 bits per heavy atom. The molecule has 4 unspecified atom stereocenters. The van der Waals surface area contributed by atoms with E-state index in [0.29, 0.717) is 81.9 Å². The highest BCUT2D eigenvalue weighted by Gasteiger charge is 2.64. The third-order valence-corrected chi connectivity index (χ3v) is 13.6. The molecule has 14 nitrogen and oxygen atoms in total. The molecule has 4 bridgehead atoms. The summed E-state index contributed by atoms with van der Waals surface area (Å²) >= 11 is 0. The van der Waals surface area contributed by atoms with Crippen molar-refractivity contribution in [1.29, 1.82) is 0 Å². The minimum atomic E-state index is -1.49. The van der Waals surface area contributed by atoms with Crippen LogP contribution in [0.4, 0.5) is 0 Å². The van der Waals surface area contributed by atoms with Crippen molar-refractivity contribution in [2.24, 2.45) is 17.3 Å². The van der Waals surface area contributed by atoms with Crippen molar-refractivity contribution < 1.29 is 66.9 Å². The van der Waals surface area contributed by atoms with Gasteiger partial charge in [0.05, 0.1) is 61.2 Å². The Hall–Kier alpha value is -4.82. The third-order valence-electron chi connectivity index (χ3n) is 13.6. The van der Waals surface area contributed by atoms with Crippen LogP contribution in [0.5, 0.6) is 23.0 Å². The number of fused-ring (bicyclic) bond motifs is 4. The Labute approximate surface area is 326 Å². The molecule has 8 atom stereocenters. The minimum absolute atomic E-state index is 0.0272. The first-order valence-corrected chi connectivity index (χ1v) is 19.5. The standard InChI is InChI=1S/C42H52N2O12/c1-24(45)53-36-11-13-38(55-26(3)47)28(15-36)22-43(5)32-7-8-33(43)18-30(17-32)42(41(51)52,21-40(49)50)31-19-34-9-10-35(20-31)44(34,6)23-29-16-37(54-25(2)46)12-14-39(29)56-27(4)48/h11-16,30-35H,7-10,17-23H2,1-6H3/p+2/t30?,31?,32-,33+,34-,35+,42?,43?,44?. The summed E-state index contributed by atoms with van der Waals surface area (Å²) in [6.45, 7) is 6.19. The summed E-state index contributed by atoms with van der Waals surface area (Å²) in [6.07, 6.45) is 5.04. The molecule has 6 rings (SSSR count). The van der Waals surface area contributed by atoms with E-state index in [2.05, 4.69) is 14.1 Å². The molecule has 4 aliphatic heterocycles. The van der Waals surface area contributed by atoms with Crippen LogP contribution in [-0.2, 0) is 41.9 Å². The second kappa shape index (κ2) is 15.6. The summed E-state index contributed by atoms with van der Waals surface area (Å²) in [4.78, 5) is 74.2. The zero-order valence-electron chi connectivity index (χ0n) is 33.1. The van der Waals surface area contributed by atoms with Crippen molar-refractivity contribution >= 4 is 35.8 Å². The number of carbonyl (C=O) groups excluding carboxylic acids is 4. The largest absolute Gasteiger partial charge is 0.481 e. The Balaban J connectivity index is 1.29. The topological polar surface area (TPSA) is 180 Å². The van der Waals surface area contributed by atoms with Crippen molar-refractivity contribution in [1.82, 2.24) is 0 Å². The number of quaternary nitrogens is 2. The number of rotatable bonds is 13. The molecule has 0 aromatic heterocycles. The first-order valence-electron chi connectivity index (χ1n) is 19.5. The van der Waals surface area contributed by atoms with Crippen molar-refractivity contribution in [2.75, 3.05) is 14.1 Å². The fourth-order valence-electron chi connectivity index (χ4n) is 11.2. The highest BCUT2D eigenvalue weighted by Crippen LogP contribution is 2.59. The SMILES string of the molecule is CC(=O)Oc1ccc(OC(C)=O)c(C[N+]2(C)[C@@H]3CC[C@H]2CC(C(CC(=O)O)(C(=O)O)C2C[C@H]4CC[C@@H](C2)[N+]4(C)Cc2cc(OC(C)=O)ccc2OC(C)=O)C3)c1. The van der Waals surface area contributed by atoms with Gasteiger partial charge in [-0.3, -0.25) is 28.8 Å². The Morgan fingerprint density at radius 1 is 0.589 bits per heavy atom. The molecule has 56 heavy (non-hydrogen) atoms. The van der Waals surface area contributed by atoms with Gasteiger partial charge in [0.2, 0.25) is 0 Å². The molecule has 2 aromatic carbocycles. The van der Waals surface area contributed by atoms with Gasteiger partial charge in [-0.15, -0.1) is 0 Å². The van der Waals surface area contributed by atoms with Gasteiger partial charge in [0.15, 0.2) is 0 Å². The van der Waals surface area contributed by atoms with Crippen LogP contribution in [0.15, 0.2) is 36.4 Å². The van der Waals surface area contributed by atoms with E-state index in [1.54, 1.807) is 36.4 Å². The van der Waals surface area contributed by atoms with Crippen molar-refractivity contribution in [3.05, 3.63) is 47.5 Å². The average molecular weight is 779 g/mol. The maximum Gasteiger partial charge on any atom is 0.310 e. The fraction of sp³-hybridized carbons (Fsp3) is 0.571. The first-order chi connectivity index (χ1) is 26.3. The number of piperidine rings is 2. The van der Waals surface area contributed by atoms with Gasteiger partial charge in [0.1, 0.15) is 36.1 Å². The monoisotopic (exact) mass is 778 g/mol. The smallest absolute Gasteiger partial charge is 0.310 e. The zero-order chi connectivity index (χ0) is 40.7. The summed E-state index contributed by atoms with van der Waals surface area (Å²) in [5, 5.41) is 21.7. The average Bonchev–Trinajstić information content (AvgIpc) is 3.32. The number of ether oxygens (including phenoxy) is 4. The lowest BCUT2D eigenvalue weighted by atomic mass is 9.57. The zero-order valence-corrected chi connectivity index (χ0v) is 33.1. The lowest BCUT2D eigenvalue weighted by Gasteiger charge is -2.55. The van der Waals surface area contributed by atoms with Gasteiger partial charge in [0.25, 0.3) is 0 Å². The molecule has 2 N–H and O–H groups in total. The molecule has 0 radical (unpaired) electrons. The lowest BCUT2D eigenvalue weighted by molar-refractivity contribution is -0.963. The number of nitrogens with zero attached hydrogens (tertiary/aromatic N) is 2. The van der Waals surface area contributed by atoms with E-state index in [0.717, 1.165) is 25.7 Å². The minimum Gasteiger partial charge on any atom is -0.481 e. The number of hydrogen-bond donors (Lipinski definition) is 2. The third kappa shape index (κ3) is 7.90. The van der Waals surface area contributed by atoms with E-state index in [1.807, 2.05) is 0 Å². The summed E-state index contributed by atoms with van der Waals surface area (Å²) in [6, 6.07) is 9.95. The van der Waals surface area contributed by atoms with Crippen LogP contribution in [-0.4, -0.2) is 93.3 Å². The molecule has 4 saturated heterocycles. The second-order valence-corrected chi connectivity index (χ2v) is 16.9. The second-order valence-electron chi connectivity index (χ2n) is 16.9. The first kappa shape index (κ1) is 40.8. The number of carboxylic acids is 2. The molecule has 0 aliphatic carbocycles. The molecule has 2 aromatic rings. The van der Waals surface area contributed by atoms with Gasteiger partial charge in [0, 0.05) is 79.1 Å². The summed E-state index contributed by atoms with van der Waals surface area (Å²) < 4.78 is 23.0. The van der Waals surface area contributed by atoms with Crippen LogP contribution in [0.25, 0.3) is 0 Å². The quantitative estimate of drug-likeness (QED) is 0.150. The maximum absolute atomic E-state index is 13.8. The molecule has 4 heterocycles. The fourth-order valence-corrected chi connectivity index (χ4v) is 11.2. The van der Waals surface area contributed by atoms with Crippen molar-refractivity contribution in [3.63, 3.8) is 0 Å². The van der Waals surface area contributed by atoms with Gasteiger partial charge in [-0.05, 0) is 48.2 Å². The predicted octanol–water partition coefficient (Wildman–Crippen LogP) is 5.41. The summed E-state index contributed by atoms with van der Waals surface area (Å²) in [7, 11) is 4.27. The highest BCUT2D eigenvalue weighted by molar-refractivity contribution is 5.82. The molecule has 0 saturated carbocycles. The molecule has 0 spiro atoms. The van der Waals surface area contributed by atoms with Crippen molar-refractivity contribution in [3.8, 4) is 23.0 Å². The van der Waals surface area contributed by atoms with Gasteiger partial charge in [-0.1, -0.05) is 0 Å². The molecule has 4 aliphatic rings. The van der Waals surface area contributed by atoms with E-state index in [1.165, 1.54) is 27.7 Å². The number of carbonyl (C=O) groups is 6. The van der Waals surface area contributed by atoms with E-state index in [9.17, 15) is 39.0 Å². The molecule has 302 valence electrons. The van der Waals surface area contributed by atoms with Crippen LogP contribution >= 0.6 is 0 Å². The van der Waals surface area contributed by atoms with Crippen LogP contribution in [0.2, 0.25) is 0 Å². The van der Waals surface area contributed by atoms with Crippen LogP contribution in [0, 0.1) is 17.3 Å². The van der Waals surface area contributed by atoms with Crippen molar-refractivity contribution in [2.45, 2.75) is 123 Å². The number of carboxylic acid groups (broad SMARTS) is 2. The van der Waals surface area contributed by atoms with Crippen LogP contribution < -0.4 is 18.9 Å². The molecular weight excluding hydrogens is 724 g/mol. The van der Waals surface area contributed by atoms with E-state index < -0.39 is 47.7 Å². The van der Waals surface area contributed by atoms with E-state index in [4.69, 9.17) is 18.9 Å². The lowest BCUT2D eigenvalue weighted by Crippen LogP contribution is -2.63. The normalized spacial score (nSPS) is 30.1. The number of hydrogen-bond acceptors (Lipinski definition) is 10. The van der Waals surface area contributed by atoms with Gasteiger partial charge >= 0.3 is 35.8 Å². The van der Waals surface area contributed by atoms with Gasteiger partial charge in [-0.25, -0.2) is 0 Å². The Bertz CT molecular complexity index is 1780. The van der Waals surface area contributed by atoms with E-state index in [-0.39, 0.29) is 36.0 Å². The number of benzene rings is 2. The van der Waals surface area contributed by atoms with Gasteiger partial charge < -0.3 is 38.1 Å². The number of esters is 4. The summed E-state index contributed by atoms with van der Waals surface area (Å²) in [5.41, 5.74) is -0.0914. The van der Waals surface area contributed by atoms with Gasteiger partial charge in [-0.2, -0.15) is 0 Å². The molecule has 0 amide bonds. The Morgan fingerprint density at radius 3 is 1.21 bits per heavy atom. The maximum atomic E-state index is 13.8.